The van der Waals surface area contributed by atoms with Gasteiger partial charge in [-0.2, -0.15) is 0 Å². The number of carbonyl (C=O) groups excluding carboxylic acids is 3. The SMILES string of the molecule is CC(=O)OC[C@H]1O[C@H](c2ccccc2)C=C(OC(C)=O)[C@H]1OC(C)=O. The molecule has 134 valence electrons. The minimum Gasteiger partial charge on any atom is -0.463 e. The van der Waals surface area contributed by atoms with Crippen molar-refractivity contribution in [2.24, 2.45) is 0 Å². The van der Waals surface area contributed by atoms with E-state index < -0.39 is 36.2 Å². The van der Waals surface area contributed by atoms with Crippen molar-refractivity contribution in [1.29, 1.82) is 0 Å². The molecule has 0 N–H and O–H groups in total. The molecular weight excluding hydrogens is 328 g/mol. The molecule has 3 atom stereocenters. The highest BCUT2D eigenvalue weighted by atomic mass is 16.6. The second-order valence-corrected chi connectivity index (χ2v) is 5.50. The van der Waals surface area contributed by atoms with Gasteiger partial charge in [0, 0.05) is 20.8 Å². The van der Waals surface area contributed by atoms with Crippen LogP contribution in [0.2, 0.25) is 0 Å². The Balaban J connectivity index is 2.35. The van der Waals surface area contributed by atoms with Gasteiger partial charge in [0.05, 0.1) is 0 Å². The van der Waals surface area contributed by atoms with Crippen LogP contribution < -0.4 is 0 Å². The molecule has 0 radical (unpaired) electrons. The monoisotopic (exact) mass is 348 g/mol. The van der Waals surface area contributed by atoms with E-state index in [0.717, 1.165) is 5.56 Å². The Morgan fingerprint density at radius 1 is 1.00 bits per heavy atom. The molecule has 0 fully saturated rings. The van der Waals surface area contributed by atoms with Crippen molar-refractivity contribution in [3.05, 3.63) is 47.7 Å². The molecule has 1 aliphatic rings. The van der Waals surface area contributed by atoms with Crippen LogP contribution in [-0.2, 0) is 33.3 Å². The van der Waals surface area contributed by atoms with Crippen molar-refractivity contribution >= 4 is 17.9 Å². The van der Waals surface area contributed by atoms with Crippen LogP contribution >= 0.6 is 0 Å². The van der Waals surface area contributed by atoms with Crippen molar-refractivity contribution in [2.45, 2.75) is 39.1 Å². The van der Waals surface area contributed by atoms with Gasteiger partial charge in [-0.15, -0.1) is 0 Å². The summed E-state index contributed by atoms with van der Waals surface area (Å²) in [6.45, 7) is 3.60. The number of esters is 3. The summed E-state index contributed by atoms with van der Waals surface area (Å²) in [6, 6.07) is 9.25. The fraction of sp³-hybridized carbons (Fsp3) is 0.389. The third-order valence-electron chi connectivity index (χ3n) is 3.39. The first-order valence-electron chi connectivity index (χ1n) is 7.78. The highest BCUT2D eigenvalue weighted by molar-refractivity contribution is 5.69. The second kappa shape index (κ2) is 8.43. The van der Waals surface area contributed by atoms with E-state index in [9.17, 15) is 14.4 Å². The number of hydrogen-bond donors (Lipinski definition) is 0. The summed E-state index contributed by atoms with van der Waals surface area (Å²) in [4.78, 5) is 34.0. The molecule has 0 amide bonds. The Bertz CT molecular complexity index is 665. The molecule has 7 heteroatoms. The van der Waals surface area contributed by atoms with Crippen molar-refractivity contribution in [1.82, 2.24) is 0 Å². The highest BCUT2D eigenvalue weighted by Gasteiger charge is 2.38. The van der Waals surface area contributed by atoms with E-state index in [1.165, 1.54) is 20.8 Å². The lowest BCUT2D eigenvalue weighted by Crippen LogP contribution is -2.43. The van der Waals surface area contributed by atoms with Gasteiger partial charge >= 0.3 is 17.9 Å². The first-order chi connectivity index (χ1) is 11.9. The third kappa shape index (κ3) is 5.42. The van der Waals surface area contributed by atoms with Crippen molar-refractivity contribution in [2.75, 3.05) is 6.61 Å². The van der Waals surface area contributed by atoms with Gasteiger partial charge in [-0.3, -0.25) is 14.4 Å². The van der Waals surface area contributed by atoms with Crippen LogP contribution in [0, 0.1) is 0 Å². The molecule has 7 nitrogen and oxygen atoms in total. The molecule has 0 saturated heterocycles. The van der Waals surface area contributed by atoms with Gasteiger partial charge in [0.15, 0.2) is 6.10 Å². The quantitative estimate of drug-likeness (QED) is 0.594. The summed E-state index contributed by atoms with van der Waals surface area (Å²) in [5, 5.41) is 0. The minimum absolute atomic E-state index is 0.144. The average molecular weight is 348 g/mol. The summed E-state index contributed by atoms with van der Waals surface area (Å²) in [5.41, 5.74) is 0.821. The van der Waals surface area contributed by atoms with E-state index in [4.69, 9.17) is 18.9 Å². The lowest BCUT2D eigenvalue weighted by Gasteiger charge is -2.34. The molecule has 0 saturated carbocycles. The lowest BCUT2D eigenvalue weighted by molar-refractivity contribution is -0.173. The third-order valence-corrected chi connectivity index (χ3v) is 3.39. The molecule has 0 unspecified atom stereocenters. The van der Waals surface area contributed by atoms with Gasteiger partial charge < -0.3 is 18.9 Å². The molecule has 1 heterocycles. The molecule has 0 bridgehead atoms. The van der Waals surface area contributed by atoms with Crippen LogP contribution in [0.1, 0.15) is 32.4 Å². The Morgan fingerprint density at radius 3 is 2.24 bits per heavy atom. The Hall–Kier alpha value is -2.67. The lowest BCUT2D eigenvalue weighted by atomic mass is 10.0. The summed E-state index contributed by atoms with van der Waals surface area (Å²) in [7, 11) is 0. The summed E-state index contributed by atoms with van der Waals surface area (Å²) >= 11 is 0. The Labute approximate surface area is 145 Å². The molecule has 2 rings (SSSR count). The number of hydrogen-bond acceptors (Lipinski definition) is 7. The molecule has 0 aliphatic carbocycles. The van der Waals surface area contributed by atoms with Crippen LogP contribution in [0.5, 0.6) is 0 Å². The van der Waals surface area contributed by atoms with Crippen LogP contribution in [0.4, 0.5) is 0 Å². The summed E-state index contributed by atoms with van der Waals surface area (Å²) < 4.78 is 21.4. The van der Waals surface area contributed by atoms with E-state index in [1.807, 2.05) is 30.3 Å². The maximum atomic E-state index is 11.4. The number of ether oxygens (including phenoxy) is 4. The van der Waals surface area contributed by atoms with E-state index in [0.29, 0.717) is 0 Å². The van der Waals surface area contributed by atoms with E-state index >= 15 is 0 Å². The fourth-order valence-corrected chi connectivity index (χ4v) is 2.44. The average Bonchev–Trinajstić information content (AvgIpc) is 2.54. The van der Waals surface area contributed by atoms with Gasteiger partial charge in [0.2, 0.25) is 0 Å². The highest BCUT2D eigenvalue weighted by Crippen LogP contribution is 2.32. The molecule has 0 aromatic heterocycles. The van der Waals surface area contributed by atoms with Gasteiger partial charge in [-0.05, 0) is 11.6 Å². The number of rotatable bonds is 5. The largest absolute Gasteiger partial charge is 0.463 e. The molecule has 0 spiro atoms. The Kier molecular flexibility index (Phi) is 6.30. The van der Waals surface area contributed by atoms with E-state index in [1.54, 1.807) is 6.08 Å². The van der Waals surface area contributed by atoms with Crippen LogP contribution in [0.25, 0.3) is 0 Å². The van der Waals surface area contributed by atoms with E-state index in [2.05, 4.69) is 0 Å². The van der Waals surface area contributed by atoms with Crippen molar-refractivity contribution < 1.29 is 33.3 Å². The van der Waals surface area contributed by atoms with Gasteiger partial charge in [0.1, 0.15) is 24.6 Å². The predicted molar refractivity (Wildman–Crippen MR) is 86.1 cm³/mol. The molecular formula is C18H20O7. The first kappa shape index (κ1) is 18.7. The minimum atomic E-state index is -0.985. The fourth-order valence-electron chi connectivity index (χ4n) is 2.44. The summed E-state index contributed by atoms with van der Waals surface area (Å²) in [5.74, 6) is -1.47. The second-order valence-electron chi connectivity index (χ2n) is 5.50. The zero-order valence-electron chi connectivity index (χ0n) is 14.3. The maximum absolute atomic E-state index is 11.4. The molecule has 1 aromatic rings. The standard InChI is InChI=1S/C18H20O7/c1-11(19)22-10-17-18(24-13(3)21)16(23-12(2)20)9-15(25-17)14-7-5-4-6-8-14/h4-9,15,17-18H,10H2,1-3H3/t15-,17+,18+/m0/s1. The summed E-state index contributed by atoms with van der Waals surface area (Å²) in [6.07, 6.45) is -0.754. The van der Waals surface area contributed by atoms with Crippen LogP contribution in [-0.4, -0.2) is 36.7 Å². The van der Waals surface area contributed by atoms with E-state index in [-0.39, 0.29) is 12.4 Å². The van der Waals surface area contributed by atoms with Crippen molar-refractivity contribution in [3.63, 3.8) is 0 Å². The molecule has 1 aromatic carbocycles. The normalized spacial score (nSPS) is 22.5. The van der Waals surface area contributed by atoms with Crippen LogP contribution in [0.15, 0.2) is 42.2 Å². The zero-order chi connectivity index (χ0) is 18.4. The van der Waals surface area contributed by atoms with Crippen LogP contribution in [0.3, 0.4) is 0 Å². The molecule has 25 heavy (non-hydrogen) atoms. The van der Waals surface area contributed by atoms with Gasteiger partial charge in [0.25, 0.3) is 0 Å². The number of carbonyl (C=O) groups is 3. The smallest absolute Gasteiger partial charge is 0.307 e. The van der Waals surface area contributed by atoms with Gasteiger partial charge in [-0.1, -0.05) is 30.3 Å². The topological polar surface area (TPSA) is 88.1 Å². The Morgan fingerprint density at radius 2 is 1.68 bits per heavy atom. The zero-order valence-corrected chi connectivity index (χ0v) is 14.3. The van der Waals surface area contributed by atoms with Crippen molar-refractivity contribution in [3.8, 4) is 0 Å². The number of benzene rings is 1. The first-order valence-corrected chi connectivity index (χ1v) is 7.78. The van der Waals surface area contributed by atoms with Gasteiger partial charge in [-0.25, -0.2) is 0 Å². The molecule has 1 aliphatic heterocycles. The predicted octanol–water partition coefficient (Wildman–Crippen LogP) is 2.07. The maximum Gasteiger partial charge on any atom is 0.307 e.